The molecular weight excluding hydrogens is 418 g/mol. The standard InChI is InChI=1S/C26H21N3O2S/c1-16-12-17(2)14-19(13-16)25-28-29-26(31-25)32-24(18-8-4-3-5-9-18)23(30)21-15-27-22-11-7-6-10-20(21)22/h3-15,24,27H,1-2H3. The van der Waals surface area contributed by atoms with Gasteiger partial charge in [-0.2, -0.15) is 0 Å². The van der Waals surface area contributed by atoms with Gasteiger partial charge in [0.25, 0.3) is 5.22 Å². The molecule has 3 aromatic carbocycles. The topological polar surface area (TPSA) is 71.8 Å². The van der Waals surface area contributed by atoms with E-state index in [1.165, 1.54) is 11.8 Å². The van der Waals surface area contributed by atoms with Crippen LogP contribution < -0.4 is 0 Å². The Labute approximate surface area is 189 Å². The highest BCUT2D eigenvalue weighted by atomic mass is 32.2. The van der Waals surface area contributed by atoms with E-state index in [1.54, 1.807) is 6.20 Å². The van der Waals surface area contributed by atoms with E-state index in [2.05, 4.69) is 21.2 Å². The third-order valence-corrected chi connectivity index (χ3v) is 6.38. The molecule has 6 heteroatoms. The summed E-state index contributed by atoms with van der Waals surface area (Å²) in [7, 11) is 0. The second-order valence-corrected chi connectivity index (χ2v) is 8.83. The maximum atomic E-state index is 13.7. The number of carbonyl (C=O) groups excluding carboxylic acids is 1. The first-order chi connectivity index (χ1) is 15.6. The van der Waals surface area contributed by atoms with Gasteiger partial charge in [0, 0.05) is 28.2 Å². The molecule has 0 aliphatic heterocycles. The van der Waals surface area contributed by atoms with Crippen molar-refractivity contribution in [2.45, 2.75) is 24.3 Å². The van der Waals surface area contributed by atoms with Gasteiger partial charge < -0.3 is 9.40 Å². The SMILES string of the molecule is Cc1cc(C)cc(-c2nnc(SC(C(=O)c3c[nH]c4ccccc34)c3ccccc3)o2)c1. The van der Waals surface area contributed by atoms with Crippen LogP contribution in [0.3, 0.4) is 0 Å². The van der Waals surface area contributed by atoms with Crippen LogP contribution in [0.15, 0.2) is 88.6 Å². The third-order valence-electron chi connectivity index (χ3n) is 5.29. The van der Waals surface area contributed by atoms with Crippen LogP contribution in [0.5, 0.6) is 0 Å². The number of H-pyrrole nitrogens is 1. The number of rotatable bonds is 6. The summed E-state index contributed by atoms with van der Waals surface area (Å²) >= 11 is 1.28. The van der Waals surface area contributed by atoms with E-state index in [4.69, 9.17) is 4.42 Å². The molecule has 0 fully saturated rings. The number of fused-ring (bicyclic) bond motifs is 1. The molecule has 1 atom stereocenters. The molecule has 5 aromatic rings. The first-order valence-corrected chi connectivity index (χ1v) is 11.2. The van der Waals surface area contributed by atoms with Gasteiger partial charge in [0.2, 0.25) is 5.89 Å². The zero-order chi connectivity index (χ0) is 22.1. The molecule has 2 heterocycles. The first kappa shape index (κ1) is 20.3. The van der Waals surface area contributed by atoms with E-state index in [1.807, 2.05) is 80.6 Å². The average molecular weight is 440 g/mol. The Hall–Kier alpha value is -3.64. The van der Waals surface area contributed by atoms with E-state index < -0.39 is 5.25 Å². The van der Waals surface area contributed by atoms with Crippen LogP contribution in [0.25, 0.3) is 22.4 Å². The summed E-state index contributed by atoms with van der Waals surface area (Å²) in [6.45, 7) is 4.07. The number of Topliss-reactive ketones (excluding diaryl/α,β-unsaturated/α-hetero) is 1. The van der Waals surface area contributed by atoms with Crippen molar-refractivity contribution in [3.8, 4) is 11.5 Å². The van der Waals surface area contributed by atoms with Gasteiger partial charge >= 0.3 is 0 Å². The molecule has 158 valence electrons. The molecule has 1 N–H and O–H groups in total. The lowest BCUT2D eigenvalue weighted by Crippen LogP contribution is -2.09. The first-order valence-electron chi connectivity index (χ1n) is 10.3. The second kappa shape index (κ2) is 8.48. The maximum Gasteiger partial charge on any atom is 0.277 e. The molecule has 0 amide bonds. The third kappa shape index (κ3) is 3.97. The summed E-state index contributed by atoms with van der Waals surface area (Å²) in [4.78, 5) is 16.9. The average Bonchev–Trinajstić information content (AvgIpc) is 3.44. The van der Waals surface area contributed by atoms with Crippen LogP contribution in [0.2, 0.25) is 0 Å². The van der Waals surface area contributed by atoms with Crippen molar-refractivity contribution in [3.05, 3.63) is 101 Å². The summed E-state index contributed by atoms with van der Waals surface area (Å²) in [5, 5.41) is 9.22. The van der Waals surface area contributed by atoms with Crippen LogP contribution in [-0.4, -0.2) is 21.0 Å². The van der Waals surface area contributed by atoms with E-state index in [9.17, 15) is 4.79 Å². The number of aryl methyl sites for hydroxylation is 2. The highest BCUT2D eigenvalue weighted by Gasteiger charge is 2.28. The molecule has 0 spiro atoms. The molecule has 0 radical (unpaired) electrons. The van der Waals surface area contributed by atoms with Crippen molar-refractivity contribution < 1.29 is 9.21 Å². The molecule has 5 nitrogen and oxygen atoms in total. The lowest BCUT2D eigenvalue weighted by molar-refractivity contribution is 0.0990. The fraction of sp³-hybridized carbons (Fsp3) is 0.115. The largest absolute Gasteiger partial charge is 0.411 e. The predicted octanol–water partition coefficient (Wildman–Crippen LogP) is 6.55. The minimum atomic E-state index is -0.511. The molecule has 5 rings (SSSR count). The van der Waals surface area contributed by atoms with Gasteiger partial charge in [-0.1, -0.05) is 65.7 Å². The Balaban J connectivity index is 1.50. The van der Waals surface area contributed by atoms with Crippen molar-refractivity contribution in [1.82, 2.24) is 15.2 Å². The van der Waals surface area contributed by atoms with E-state index >= 15 is 0 Å². The number of carbonyl (C=O) groups is 1. The highest BCUT2D eigenvalue weighted by molar-refractivity contribution is 8.00. The lowest BCUT2D eigenvalue weighted by atomic mass is 10.0. The van der Waals surface area contributed by atoms with Crippen LogP contribution in [0.1, 0.15) is 32.3 Å². The van der Waals surface area contributed by atoms with E-state index in [0.29, 0.717) is 16.7 Å². The van der Waals surface area contributed by atoms with Crippen LogP contribution in [-0.2, 0) is 0 Å². The smallest absolute Gasteiger partial charge is 0.277 e. The molecule has 0 aliphatic carbocycles. The molecule has 0 saturated carbocycles. The minimum Gasteiger partial charge on any atom is -0.411 e. The second-order valence-electron chi connectivity index (χ2n) is 7.77. The minimum absolute atomic E-state index is 0.00944. The number of hydrogen-bond donors (Lipinski definition) is 1. The molecule has 0 aliphatic rings. The van der Waals surface area contributed by atoms with Crippen molar-refractivity contribution in [3.63, 3.8) is 0 Å². The zero-order valence-corrected chi connectivity index (χ0v) is 18.5. The number of ketones is 1. The van der Waals surface area contributed by atoms with Gasteiger partial charge in [-0.3, -0.25) is 4.79 Å². The van der Waals surface area contributed by atoms with Crippen molar-refractivity contribution in [2.75, 3.05) is 0 Å². The summed E-state index contributed by atoms with van der Waals surface area (Å²) in [5.74, 6) is 0.440. The maximum absolute atomic E-state index is 13.7. The van der Waals surface area contributed by atoms with Gasteiger partial charge in [-0.15, -0.1) is 10.2 Å². The molecule has 32 heavy (non-hydrogen) atoms. The van der Waals surface area contributed by atoms with Gasteiger partial charge in [-0.25, -0.2) is 0 Å². The molecule has 0 bridgehead atoms. The van der Waals surface area contributed by atoms with E-state index in [0.717, 1.165) is 33.2 Å². The van der Waals surface area contributed by atoms with Crippen LogP contribution in [0, 0.1) is 13.8 Å². The number of benzene rings is 3. The molecule has 2 aromatic heterocycles. The molecule has 1 unspecified atom stereocenters. The summed E-state index contributed by atoms with van der Waals surface area (Å²) in [5.41, 5.74) is 5.60. The normalized spacial score (nSPS) is 12.2. The quantitative estimate of drug-likeness (QED) is 0.240. The number of nitrogens with one attached hydrogen (secondary N) is 1. The fourth-order valence-corrected chi connectivity index (χ4v) is 4.83. The molecular formula is C26H21N3O2S. The van der Waals surface area contributed by atoms with Gasteiger partial charge in [0.05, 0.1) is 0 Å². The Morgan fingerprint density at radius 3 is 2.44 bits per heavy atom. The van der Waals surface area contributed by atoms with Gasteiger partial charge in [-0.05, 0) is 49.4 Å². The number of aromatic amines is 1. The molecule has 0 saturated heterocycles. The van der Waals surface area contributed by atoms with Crippen LogP contribution in [0.4, 0.5) is 0 Å². The van der Waals surface area contributed by atoms with Crippen molar-refractivity contribution >= 4 is 28.4 Å². The summed E-state index contributed by atoms with van der Waals surface area (Å²) in [6.07, 6.45) is 1.78. The van der Waals surface area contributed by atoms with Crippen molar-refractivity contribution in [2.24, 2.45) is 0 Å². The fourth-order valence-electron chi connectivity index (χ4n) is 3.89. The number of nitrogens with zero attached hydrogens (tertiary/aromatic N) is 2. The highest BCUT2D eigenvalue weighted by Crippen LogP contribution is 2.39. The Morgan fingerprint density at radius 2 is 1.66 bits per heavy atom. The number of hydrogen-bond acceptors (Lipinski definition) is 5. The Kier molecular flexibility index (Phi) is 5.37. The summed E-state index contributed by atoms with van der Waals surface area (Å²) < 4.78 is 5.97. The van der Waals surface area contributed by atoms with Crippen LogP contribution >= 0.6 is 11.8 Å². The Bertz CT molecular complexity index is 1380. The zero-order valence-electron chi connectivity index (χ0n) is 17.7. The lowest BCUT2D eigenvalue weighted by Gasteiger charge is -2.13. The Morgan fingerprint density at radius 1 is 0.938 bits per heavy atom. The van der Waals surface area contributed by atoms with Gasteiger partial charge in [0.15, 0.2) is 5.78 Å². The number of aromatic nitrogens is 3. The van der Waals surface area contributed by atoms with Gasteiger partial charge in [0.1, 0.15) is 5.25 Å². The predicted molar refractivity (Wildman–Crippen MR) is 127 cm³/mol. The van der Waals surface area contributed by atoms with E-state index in [-0.39, 0.29) is 5.78 Å². The number of thioether (sulfide) groups is 1. The summed E-state index contributed by atoms with van der Waals surface area (Å²) in [6, 6.07) is 23.6. The van der Waals surface area contributed by atoms with Crippen molar-refractivity contribution in [1.29, 1.82) is 0 Å². The monoisotopic (exact) mass is 439 g/mol. The number of para-hydroxylation sites is 1.